The number of hydrogen-bond donors (Lipinski definition) is 0. The fourth-order valence-corrected chi connectivity index (χ4v) is 3.33. The summed E-state index contributed by atoms with van der Waals surface area (Å²) in [5.74, 6) is 0.538. The normalized spacial score (nSPS) is 32.6. The van der Waals surface area contributed by atoms with Crippen LogP contribution in [0.15, 0.2) is 29.2 Å². The molecular weight excluding hydrogens is 180 g/mol. The van der Waals surface area contributed by atoms with Crippen molar-refractivity contribution in [3.63, 3.8) is 0 Å². The first-order valence-corrected chi connectivity index (χ1v) is 5.90. The second-order valence-electron chi connectivity index (χ2n) is 3.79. The van der Waals surface area contributed by atoms with Gasteiger partial charge in [-0.05, 0) is 24.0 Å². The van der Waals surface area contributed by atoms with Gasteiger partial charge >= 0.3 is 0 Å². The summed E-state index contributed by atoms with van der Waals surface area (Å²) in [5.41, 5.74) is 1.27. The van der Waals surface area contributed by atoms with Gasteiger partial charge in [-0.2, -0.15) is 0 Å². The van der Waals surface area contributed by atoms with Crippen LogP contribution in [0.4, 0.5) is 0 Å². The van der Waals surface area contributed by atoms with Crippen molar-refractivity contribution in [3.8, 4) is 0 Å². The molecule has 0 saturated carbocycles. The Morgan fingerprint density at radius 1 is 1.31 bits per heavy atom. The molecule has 3 unspecified atom stereocenters. The molecule has 13 heavy (non-hydrogen) atoms. The highest BCUT2D eigenvalue weighted by atomic mass is 32.2. The van der Waals surface area contributed by atoms with Gasteiger partial charge in [0, 0.05) is 10.1 Å². The van der Waals surface area contributed by atoms with Crippen LogP contribution < -0.4 is 0 Å². The molecule has 3 atom stereocenters. The molecule has 0 bridgehead atoms. The molecule has 0 saturated heterocycles. The van der Waals surface area contributed by atoms with E-state index in [0.29, 0.717) is 11.2 Å². The number of rotatable bonds is 0. The minimum absolute atomic E-state index is 0.301. The van der Waals surface area contributed by atoms with Crippen molar-refractivity contribution in [2.24, 2.45) is 5.92 Å². The van der Waals surface area contributed by atoms with E-state index in [1.165, 1.54) is 5.56 Å². The van der Waals surface area contributed by atoms with Gasteiger partial charge in [0.05, 0.1) is 10.8 Å². The quantitative estimate of drug-likeness (QED) is 0.619. The van der Waals surface area contributed by atoms with Crippen molar-refractivity contribution in [2.45, 2.75) is 30.4 Å². The zero-order valence-corrected chi connectivity index (χ0v) is 8.80. The summed E-state index contributed by atoms with van der Waals surface area (Å²) in [7, 11) is -0.790. The second-order valence-corrected chi connectivity index (χ2v) is 5.57. The lowest BCUT2D eigenvalue weighted by atomic mass is 9.98. The molecule has 2 heteroatoms. The van der Waals surface area contributed by atoms with Crippen LogP contribution in [0.3, 0.4) is 0 Å². The second kappa shape index (κ2) is 3.26. The third kappa shape index (κ3) is 1.44. The predicted molar refractivity (Wildman–Crippen MR) is 55.2 cm³/mol. The smallest absolute Gasteiger partial charge is 0.0563 e. The van der Waals surface area contributed by atoms with Gasteiger partial charge in [-0.15, -0.1) is 0 Å². The molecule has 0 spiro atoms. The molecule has 0 aromatic heterocycles. The van der Waals surface area contributed by atoms with Crippen molar-refractivity contribution in [3.05, 3.63) is 29.8 Å². The first-order chi connectivity index (χ1) is 6.20. The molecule has 1 heterocycles. The summed E-state index contributed by atoms with van der Waals surface area (Å²) in [6.07, 6.45) is 1.07. The van der Waals surface area contributed by atoms with Crippen LogP contribution in [0.25, 0.3) is 0 Å². The first-order valence-electron chi connectivity index (χ1n) is 4.68. The van der Waals surface area contributed by atoms with E-state index in [1.54, 1.807) is 0 Å². The van der Waals surface area contributed by atoms with Crippen molar-refractivity contribution < 1.29 is 4.21 Å². The van der Waals surface area contributed by atoms with Gasteiger partial charge in [-0.3, -0.25) is 4.21 Å². The molecule has 0 N–H and O–H groups in total. The summed E-state index contributed by atoms with van der Waals surface area (Å²) in [6, 6.07) is 8.08. The molecule has 1 nitrogen and oxygen atoms in total. The van der Waals surface area contributed by atoms with Crippen molar-refractivity contribution >= 4 is 10.8 Å². The Balaban J connectivity index is 2.49. The van der Waals surface area contributed by atoms with Gasteiger partial charge in [0.15, 0.2) is 0 Å². The maximum Gasteiger partial charge on any atom is 0.0563 e. The molecule has 0 fully saturated rings. The predicted octanol–water partition coefficient (Wildman–Crippen LogP) is 2.37. The molecular formula is C11H14OS. The topological polar surface area (TPSA) is 17.1 Å². The van der Waals surface area contributed by atoms with Crippen LogP contribution in [0, 0.1) is 5.92 Å². The van der Waals surface area contributed by atoms with E-state index >= 15 is 0 Å². The number of benzene rings is 1. The molecule has 1 aromatic rings. The van der Waals surface area contributed by atoms with Crippen LogP contribution in [0.2, 0.25) is 0 Å². The standard InChI is InChI=1S/C11H14OS/c1-8-7-10-5-3-4-6-11(10)13(12)9(8)2/h3-6,8-9H,7H2,1-2H3. The minimum atomic E-state index is -0.790. The van der Waals surface area contributed by atoms with Crippen molar-refractivity contribution in [1.29, 1.82) is 0 Å². The Kier molecular flexibility index (Phi) is 2.24. The Hall–Kier alpha value is -0.630. The van der Waals surface area contributed by atoms with Gasteiger partial charge in [0.1, 0.15) is 0 Å². The van der Waals surface area contributed by atoms with Crippen LogP contribution in [-0.2, 0) is 17.2 Å². The summed E-state index contributed by atoms with van der Waals surface area (Å²) in [5, 5.41) is 0.301. The fourth-order valence-electron chi connectivity index (χ4n) is 1.79. The average molecular weight is 194 g/mol. The highest BCUT2D eigenvalue weighted by molar-refractivity contribution is 7.85. The monoisotopic (exact) mass is 194 g/mol. The van der Waals surface area contributed by atoms with Gasteiger partial charge in [-0.25, -0.2) is 0 Å². The van der Waals surface area contributed by atoms with Gasteiger partial charge in [0.25, 0.3) is 0 Å². The Labute approximate surface area is 81.6 Å². The van der Waals surface area contributed by atoms with Crippen LogP contribution in [0.5, 0.6) is 0 Å². The van der Waals surface area contributed by atoms with Crippen LogP contribution in [0.1, 0.15) is 19.4 Å². The van der Waals surface area contributed by atoms with Crippen LogP contribution >= 0.6 is 0 Å². The van der Waals surface area contributed by atoms with E-state index < -0.39 is 10.8 Å². The molecule has 1 aliphatic rings. The van der Waals surface area contributed by atoms with E-state index in [0.717, 1.165) is 11.3 Å². The van der Waals surface area contributed by atoms with Gasteiger partial charge in [-0.1, -0.05) is 32.0 Å². The summed E-state index contributed by atoms with van der Waals surface area (Å²) in [6.45, 7) is 4.26. The molecule has 2 rings (SSSR count). The fraction of sp³-hybridized carbons (Fsp3) is 0.455. The molecule has 0 aliphatic carbocycles. The molecule has 70 valence electrons. The highest BCUT2D eigenvalue weighted by Crippen LogP contribution is 2.29. The van der Waals surface area contributed by atoms with E-state index in [9.17, 15) is 4.21 Å². The van der Waals surface area contributed by atoms with Crippen molar-refractivity contribution in [2.75, 3.05) is 0 Å². The van der Waals surface area contributed by atoms with E-state index in [4.69, 9.17) is 0 Å². The van der Waals surface area contributed by atoms with Crippen molar-refractivity contribution in [1.82, 2.24) is 0 Å². The maximum absolute atomic E-state index is 11.9. The molecule has 1 aliphatic heterocycles. The number of fused-ring (bicyclic) bond motifs is 1. The van der Waals surface area contributed by atoms with Gasteiger partial charge in [0.2, 0.25) is 0 Å². The first kappa shape index (κ1) is 8.95. The molecule has 1 aromatic carbocycles. The molecule has 0 amide bonds. The lowest BCUT2D eigenvalue weighted by Gasteiger charge is -2.26. The zero-order valence-electron chi connectivity index (χ0n) is 7.99. The van der Waals surface area contributed by atoms with E-state index in [2.05, 4.69) is 19.9 Å². The summed E-state index contributed by atoms with van der Waals surface area (Å²) >= 11 is 0. The lowest BCUT2D eigenvalue weighted by molar-refractivity contribution is 0.536. The maximum atomic E-state index is 11.9. The minimum Gasteiger partial charge on any atom is -0.254 e. The summed E-state index contributed by atoms with van der Waals surface area (Å²) in [4.78, 5) is 1.05. The van der Waals surface area contributed by atoms with Crippen LogP contribution in [-0.4, -0.2) is 9.46 Å². The highest BCUT2D eigenvalue weighted by Gasteiger charge is 2.27. The number of hydrogen-bond acceptors (Lipinski definition) is 1. The summed E-state index contributed by atoms with van der Waals surface area (Å²) < 4.78 is 11.9. The van der Waals surface area contributed by atoms with E-state index in [-0.39, 0.29) is 0 Å². The third-order valence-electron chi connectivity index (χ3n) is 2.87. The largest absolute Gasteiger partial charge is 0.254 e. The lowest BCUT2D eigenvalue weighted by Crippen LogP contribution is -2.27. The Morgan fingerprint density at radius 3 is 2.77 bits per heavy atom. The zero-order chi connectivity index (χ0) is 9.42. The Bertz CT molecular complexity index is 346. The Morgan fingerprint density at radius 2 is 2.00 bits per heavy atom. The van der Waals surface area contributed by atoms with E-state index in [1.807, 2.05) is 18.2 Å². The third-order valence-corrected chi connectivity index (χ3v) is 4.84. The molecule has 0 radical (unpaired) electrons. The average Bonchev–Trinajstić information content (AvgIpc) is 2.15. The van der Waals surface area contributed by atoms with Gasteiger partial charge < -0.3 is 0 Å². The SMILES string of the molecule is CC1Cc2ccccc2S(=O)C1C.